The number of amides is 2. The second-order valence-corrected chi connectivity index (χ2v) is 6.80. The molecule has 2 amide bonds. The lowest BCUT2D eigenvalue weighted by Crippen LogP contribution is -2.41. The summed E-state index contributed by atoms with van der Waals surface area (Å²) in [5, 5.41) is 0.194. The molecule has 0 aromatic heterocycles. The summed E-state index contributed by atoms with van der Waals surface area (Å²) in [5.74, 6) is -0.257. The Hall–Kier alpha value is -2.08. The van der Waals surface area contributed by atoms with E-state index in [1.807, 2.05) is 0 Å². The van der Waals surface area contributed by atoms with Gasteiger partial charge in [0, 0.05) is 6.08 Å². The Morgan fingerprint density at radius 1 is 1.23 bits per heavy atom. The molecule has 142 valence electrons. The minimum atomic E-state index is -0.699. The summed E-state index contributed by atoms with van der Waals surface area (Å²) in [4.78, 5) is 23.2. The summed E-state index contributed by atoms with van der Waals surface area (Å²) in [6.45, 7) is 0.333. The SMILES string of the molecule is O=C(/C=C/c1ccc(F)cc1Cl)NNC(=O)OCCCC1CCCCC1. The number of rotatable bonds is 6. The number of hydrazine groups is 1. The lowest BCUT2D eigenvalue weighted by Gasteiger charge is -2.21. The predicted molar refractivity (Wildman–Crippen MR) is 98.9 cm³/mol. The Bertz CT molecular complexity index is 646. The maximum atomic E-state index is 12.9. The molecule has 0 radical (unpaired) electrons. The summed E-state index contributed by atoms with van der Waals surface area (Å²) in [5.41, 5.74) is 4.88. The number of carbonyl (C=O) groups is 2. The van der Waals surface area contributed by atoms with Crippen LogP contribution in [0.4, 0.5) is 9.18 Å². The van der Waals surface area contributed by atoms with Gasteiger partial charge in [0.25, 0.3) is 5.91 Å². The molecule has 1 saturated carbocycles. The van der Waals surface area contributed by atoms with Crippen molar-refractivity contribution in [2.45, 2.75) is 44.9 Å². The van der Waals surface area contributed by atoms with Crippen LogP contribution in [-0.4, -0.2) is 18.6 Å². The van der Waals surface area contributed by atoms with Gasteiger partial charge in [0.1, 0.15) is 5.82 Å². The molecule has 2 N–H and O–H groups in total. The Morgan fingerprint density at radius 2 is 2.00 bits per heavy atom. The zero-order valence-corrected chi connectivity index (χ0v) is 15.4. The zero-order valence-electron chi connectivity index (χ0n) is 14.6. The number of halogens is 2. The summed E-state index contributed by atoms with van der Waals surface area (Å²) >= 11 is 5.85. The molecule has 0 bridgehead atoms. The fraction of sp³-hybridized carbons (Fsp3) is 0.474. The smallest absolute Gasteiger partial charge is 0.426 e. The van der Waals surface area contributed by atoms with Crippen LogP contribution in [0.5, 0.6) is 0 Å². The average molecular weight is 383 g/mol. The van der Waals surface area contributed by atoms with Crippen molar-refractivity contribution < 1.29 is 18.7 Å². The fourth-order valence-corrected chi connectivity index (χ4v) is 3.24. The van der Waals surface area contributed by atoms with Crippen molar-refractivity contribution in [2.24, 2.45) is 5.92 Å². The molecule has 1 aliphatic carbocycles. The minimum absolute atomic E-state index is 0.194. The van der Waals surface area contributed by atoms with Gasteiger partial charge in [0.05, 0.1) is 11.6 Å². The van der Waals surface area contributed by atoms with Crippen LogP contribution in [-0.2, 0) is 9.53 Å². The van der Waals surface area contributed by atoms with Crippen molar-refractivity contribution in [3.63, 3.8) is 0 Å². The van der Waals surface area contributed by atoms with Gasteiger partial charge in [-0.2, -0.15) is 0 Å². The van der Waals surface area contributed by atoms with Crippen LogP contribution < -0.4 is 10.9 Å². The van der Waals surface area contributed by atoms with Crippen LogP contribution in [0, 0.1) is 11.7 Å². The van der Waals surface area contributed by atoms with Crippen molar-refractivity contribution in [3.05, 3.63) is 40.7 Å². The van der Waals surface area contributed by atoms with Gasteiger partial charge >= 0.3 is 6.09 Å². The van der Waals surface area contributed by atoms with Gasteiger partial charge in [-0.1, -0.05) is 49.8 Å². The zero-order chi connectivity index (χ0) is 18.8. The van der Waals surface area contributed by atoms with Gasteiger partial charge in [0.2, 0.25) is 0 Å². The standard InChI is InChI=1S/C19H24ClFN2O3/c20-17-13-16(21)10-8-15(17)9-11-18(24)22-23-19(25)26-12-4-7-14-5-2-1-3-6-14/h8-11,13-14H,1-7,12H2,(H,22,24)(H,23,25)/b11-9+. The van der Waals surface area contributed by atoms with E-state index in [-0.39, 0.29) is 5.02 Å². The maximum absolute atomic E-state index is 12.9. The molecular formula is C19H24ClFN2O3. The van der Waals surface area contributed by atoms with Crippen LogP contribution in [0.1, 0.15) is 50.5 Å². The second-order valence-electron chi connectivity index (χ2n) is 6.40. The summed E-state index contributed by atoms with van der Waals surface area (Å²) in [6, 6.07) is 3.85. The highest BCUT2D eigenvalue weighted by atomic mass is 35.5. The molecule has 1 aromatic carbocycles. The van der Waals surface area contributed by atoms with Crippen LogP contribution in [0.15, 0.2) is 24.3 Å². The molecular weight excluding hydrogens is 359 g/mol. The number of carbonyl (C=O) groups excluding carboxylic acids is 2. The van der Waals surface area contributed by atoms with Crippen molar-refractivity contribution in [1.29, 1.82) is 0 Å². The third-order valence-corrected chi connectivity index (χ3v) is 4.71. The third-order valence-electron chi connectivity index (χ3n) is 4.38. The van der Waals surface area contributed by atoms with Gasteiger partial charge in [-0.25, -0.2) is 14.6 Å². The van der Waals surface area contributed by atoms with Crippen LogP contribution in [0.2, 0.25) is 5.02 Å². The average Bonchev–Trinajstić information content (AvgIpc) is 2.63. The third kappa shape index (κ3) is 7.44. The largest absolute Gasteiger partial charge is 0.448 e. The van der Waals surface area contributed by atoms with Crippen molar-refractivity contribution in [1.82, 2.24) is 10.9 Å². The normalized spacial score (nSPS) is 15.0. The number of nitrogens with one attached hydrogen (secondary N) is 2. The van der Waals surface area contributed by atoms with E-state index in [4.69, 9.17) is 16.3 Å². The Morgan fingerprint density at radius 3 is 2.73 bits per heavy atom. The minimum Gasteiger partial charge on any atom is -0.448 e. The lowest BCUT2D eigenvalue weighted by molar-refractivity contribution is -0.117. The van der Waals surface area contributed by atoms with Crippen molar-refractivity contribution >= 4 is 29.7 Å². The molecule has 5 nitrogen and oxygen atoms in total. The number of hydrogen-bond donors (Lipinski definition) is 2. The molecule has 0 saturated heterocycles. The van der Waals surface area contributed by atoms with Crippen LogP contribution in [0.25, 0.3) is 6.08 Å². The predicted octanol–water partition coefficient (Wildman–Crippen LogP) is 4.61. The molecule has 26 heavy (non-hydrogen) atoms. The summed E-state index contributed by atoms with van der Waals surface area (Å²) in [6.07, 6.45) is 10.3. The van der Waals surface area contributed by atoms with Gasteiger partial charge < -0.3 is 4.74 Å². The van der Waals surface area contributed by atoms with Crippen LogP contribution in [0.3, 0.4) is 0 Å². The fourth-order valence-electron chi connectivity index (χ4n) is 3.01. The van der Waals surface area contributed by atoms with Crippen molar-refractivity contribution in [2.75, 3.05) is 6.61 Å². The molecule has 0 atom stereocenters. The van der Waals surface area contributed by atoms with Crippen molar-refractivity contribution in [3.8, 4) is 0 Å². The molecule has 0 spiro atoms. The van der Waals surface area contributed by atoms with E-state index in [1.165, 1.54) is 56.4 Å². The van der Waals surface area contributed by atoms with E-state index < -0.39 is 17.8 Å². The lowest BCUT2D eigenvalue weighted by atomic mass is 9.86. The summed E-state index contributed by atoms with van der Waals surface area (Å²) in [7, 11) is 0. The molecule has 0 heterocycles. The first kappa shape index (κ1) is 20.2. The highest BCUT2D eigenvalue weighted by Gasteiger charge is 2.13. The molecule has 0 aliphatic heterocycles. The Kier molecular flexibility index (Phi) is 8.41. The Balaban J connectivity index is 1.60. The molecule has 0 unspecified atom stereocenters. The van der Waals surface area contributed by atoms with E-state index in [0.717, 1.165) is 24.8 Å². The van der Waals surface area contributed by atoms with Gasteiger partial charge in [-0.05, 0) is 42.5 Å². The molecule has 1 aromatic rings. The molecule has 7 heteroatoms. The van der Waals surface area contributed by atoms with Crippen LogP contribution >= 0.6 is 11.6 Å². The Labute approximate surface area is 157 Å². The van der Waals surface area contributed by atoms with E-state index >= 15 is 0 Å². The molecule has 1 fully saturated rings. The molecule has 1 aliphatic rings. The first-order valence-corrected chi connectivity index (χ1v) is 9.28. The van der Waals surface area contributed by atoms with E-state index in [0.29, 0.717) is 12.2 Å². The second kappa shape index (κ2) is 10.8. The van der Waals surface area contributed by atoms with Gasteiger partial charge in [-0.15, -0.1) is 0 Å². The van der Waals surface area contributed by atoms with E-state index in [9.17, 15) is 14.0 Å². The number of hydrogen-bond acceptors (Lipinski definition) is 3. The first-order valence-electron chi connectivity index (χ1n) is 8.90. The topological polar surface area (TPSA) is 67.4 Å². The maximum Gasteiger partial charge on any atom is 0.426 e. The van der Waals surface area contributed by atoms with E-state index in [1.54, 1.807) is 0 Å². The van der Waals surface area contributed by atoms with E-state index in [2.05, 4.69) is 10.9 Å². The quantitative estimate of drug-likeness (QED) is 0.429. The number of benzene rings is 1. The molecule has 2 rings (SSSR count). The van der Waals surface area contributed by atoms with Gasteiger partial charge in [-0.3, -0.25) is 10.2 Å². The number of ether oxygens (including phenoxy) is 1. The first-order chi connectivity index (χ1) is 12.5. The highest BCUT2D eigenvalue weighted by Crippen LogP contribution is 2.27. The summed E-state index contributed by atoms with van der Waals surface area (Å²) < 4.78 is 18.0. The van der Waals surface area contributed by atoms with Gasteiger partial charge in [0.15, 0.2) is 0 Å². The monoisotopic (exact) mass is 382 g/mol. The highest BCUT2D eigenvalue weighted by molar-refractivity contribution is 6.32.